The monoisotopic (exact) mass is 867 g/mol. The molecule has 316 valence electrons. The van der Waals surface area contributed by atoms with Gasteiger partial charge >= 0.3 is 12.1 Å². The Kier molecular flexibility index (Phi) is 10.7. The number of H-pyrrole nitrogens is 1. The zero-order valence-corrected chi connectivity index (χ0v) is 32.9. The van der Waals surface area contributed by atoms with Crippen LogP contribution >= 0.6 is 0 Å². The number of carbonyl (C=O) groups is 1. The molecule has 6 aromatic rings. The molecule has 0 unspecified atom stereocenters. The number of rotatable bonds is 10. The molecule has 0 saturated heterocycles. The second kappa shape index (κ2) is 15.4. The van der Waals surface area contributed by atoms with E-state index >= 15 is 8.78 Å². The summed E-state index contributed by atoms with van der Waals surface area (Å²) in [5.74, 6) is -1.99. The van der Waals surface area contributed by atoms with E-state index in [4.69, 9.17) is 6.42 Å². The van der Waals surface area contributed by atoms with Crippen LogP contribution in [0.5, 0.6) is 0 Å². The van der Waals surface area contributed by atoms with Gasteiger partial charge in [0.2, 0.25) is 5.91 Å². The first-order valence-corrected chi connectivity index (χ1v) is 19.5. The summed E-state index contributed by atoms with van der Waals surface area (Å²) in [5, 5.41) is 27.1. The lowest BCUT2D eigenvalue weighted by atomic mass is 9.93. The molecule has 2 aromatic carbocycles. The van der Waals surface area contributed by atoms with E-state index in [1.54, 1.807) is 18.2 Å². The summed E-state index contributed by atoms with van der Waals surface area (Å²) < 4.78 is 133. The molecule has 1 aliphatic rings. The summed E-state index contributed by atoms with van der Waals surface area (Å²) >= 11 is 0. The van der Waals surface area contributed by atoms with Gasteiger partial charge in [0.15, 0.2) is 11.5 Å². The van der Waals surface area contributed by atoms with E-state index in [0.717, 1.165) is 24.5 Å². The fourth-order valence-electron chi connectivity index (χ4n) is 7.08. The van der Waals surface area contributed by atoms with Crippen LogP contribution in [0.4, 0.5) is 36.6 Å². The first-order chi connectivity index (χ1) is 28.6. The molecule has 0 fully saturated rings. The largest absolute Gasteiger partial charge is 0.435 e. The van der Waals surface area contributed by atoms with E-state index in [2.05, 4.69) is 47.3 Å². The summed E-state index contributed by atoms with van der Waals surface area (Å²) in [5.41, 5.74) is -4.34. The average molecular weight is 868 g/mol. The molecule has 1 aliphatic carbocycles. The van der Waals surface area contributed by atoms with E-state index in [0.29, 0.717) is 17.1 Å². The van der Waals surface area contributed by atoms with Gasteiger partial charge < -0.3 is 10.4 Å². The van der Waals surface area contributed by atoms with Crippen LogP contribution < -0.4 is 10.0 Å². The van der Waals surface area contributed by atoms with Crippen molar-refractivity contribution in [3.63, 3.8) is 0 Å². The van der Waals surface area contributed by atoms with Gasteiger partial charge in [0, 0.05) is 41.4 Å². The second-order valence-corrected chi connectivity index (χ2v) is 16.3. The lowest BCUT2D eigenvalue weighted by Crippen LogP contribution is -2.35. The number of aryl methyl sites for hydroxylation is 1. The van der Waals surface area contributed by atoms with Gasteiger partial charge in [0.1, 0.15) is 40.1 Å². The Hall–Kier alpha value is -6.71. The Bertz CT molecular complexity index is 2900. The Morgan fingerprint density at radius 2 is 1.82 bits per heavy atom. The van der Waals surface area contributed by atoms with Crippen molar-refractivity contribution >= 4 is 32.7 Å². The highest BCUT2D eigenvalue weighted by atomic mass is 32.2. The normalized spacial score (nSPS) is 15.5. The summed E-state index contributed by atoms with van der Waals surface area (Å²) in [6, 6.07) is 8.85. The van der Waals surface area contributed by atoms with Crippen molar-refractivity contribution in [1.29, 1.82) is 0 Å². The van der Waals surface area contributed by atoms with Gasteiger partial charge in [-0.15, -0.1) is 6.42 Å². The number of alkyl halides is 5. The van der Waals surface area contributed by atoms with Gasteiger partial charge in [-0.2, -0.15) is 37.2 Å². The first-order valence-electron chi connectivity index (χ1n) is 18.1. The quantitative estimate of drug-likeness (QED) is 0.0993. The molecule has 0 spiro atoms. The smallest absolute Gasteiger partial charge is 0.378 e. The van der Waals surface area contributed by atoms with Crippen molar-refractivity contribution in [2.75, 3.05) is 4.72 Å². The van der Waals surface area contributed by atoms with E-state index in [1.165, 1.54) is 37.7 Å². The van der Waals surface area contributed by atoms with Crippen LogP contribution in [0.25, 0.3) is 22.0 Å². The highest BCUT2D eigenvalue weighted by molar-refractivity contribution is 7.92. The number of nitrogens with one attached hydrogen (secondary N) is 3. The number of hydrogen-bond donors (Lipinski definition) is 4. The van der Waals surface area contributed by atoms with Crippen molar-refractivity contribution < 1.29 is 49.1 Å². The van der Waals surface area contributed by atoms with Crippen LogP contribution in [-0.2, 0) is 53.4 Å². The van der Waals surface area contributed by atoms with Crippen LogP contribution in [0.2, 0.25) is 0 Å². The molecule has 1 amide bonds. The fourth-order valence-corrected chi connectivity index (χ4v) is 8.00. The molecule has 0 radical (unpaired) electrons. The number of fused-ring (bicyclic) bond motifs is 2. The molecule has 4 aromatic heterocycles. The van der Waals surface area contributed by atoms with Crippen molar-refractivity contribution in [2.45, 2.75) is 61.9 Å². The van der Waals surface area contributed by atoms with Gasteiger partial charge in [-0.3, -0.25) is 24.0 Å². The van der Waals surface area contributed by atoms with E-state index in [-0.39, 0.29) is 43.3 Å². The summed E-state index contributed by atoms with van der Waals surface area (Å²) in [6.07, 6.45) is 1.05. The van der Waals surface area contributed by atoms with Crippen molar-refractivity contribution in [3.05, 3.63) is 106 Å². The number of anilines is 1. The Balaban J connectivity index is 1.38. The minimum Gasteiger partial charge on any atom is -0.378 e. The fraction of sp³-hybridized carbons (Fsp3) is 0.275. The molecular formula is C40H32F7N9O4S. The maximum Gasteiger partial charge on any atom is 0.435 e. The first kappa shape index (κ1) is 42.4. The van der Waals surface area contributed by atoms with Crippen molar-refractivity contribution in [3.8, 4) is 35.3 Å². The van der Waals surface area contributed by atoms with Crippen LogP contribution in [0.3, 0.4) is 0 Å². The number of para-hydroxylation sites is 1. The molecule has 0 aliphatic heterocycles. The summed E-state index contributed by atoms with van der Waals surface area (Å²) in [6.45, 7) is 1.64. The van der Waals surface area contributed by atoms with Crippen LogP contribution in [0.15, 0.2) is 65.8 Å². The predicted octanol–water partition coefficient (Wildman–Crippen LogP) is 5.77. The maximum atomic E-state index is 15.5. The molecule has 0 saturated carbocycles. The van der Waals surface area contributed by atoms with E-state index in [1.807, 2.05) is 5.92 Å². The predicted molar refractivity (Wildman–Crippen MR) is 205 cm³/mol. The van der Waals surface area contributed by atoms with Gasteiger partial charge in [-0.25, -0.2) is 22.2 Å². The minimum absolute atomic E-state index is 0.0240. The molecule has 61 heavy (non-hydrogen) atoms. The zero-order valence-electron chi connectivity index (χ0n) is 32.0. The Morgan fingerprint density at radius 1 is 1.10 bits per heavy atom. The Labute approximate surface area is 342 Å². The number of halogens is 7. The SMILES string of the molecule is C#C[C@@H]1Cc2c(C(F)(F)F)nn(CC(=O)N[C@@H](Cc3cc(F)cc(F)c3)c3nc(C#CC(C)(C)O)ccc3-c3cccc4c(NS(=O)(=O)c5cn[nH]c5)nn(C)c34)c2C1(F)F. The topological polar surface area (TPSA) is 173 Å². The molecule has 4 N–H and O–H groups in total. The summed E-state index contributed by atoms with van der Waals surface area (Å²) in [4.78, 5) is 18.5. The lowest BCUT2D eigenvalue weighted by molar-refractivity contribution is -0.142. The van der Waals surface area contributed by atoms with Gasteiger partial charge in [0.25, 0.3) is 10.0 Å². The number of aliphatic hydroxyl groups is 1. The Morgan fingerprint density at radius 3 is 2.46 bits per heavy atom. The third-order valence-corrected chi connectivity index (χ3v) is 10.9. The number of amides is 1. The standard InChI is InChI=1S/C40H32F7N9O4S/c1-5-22-16-30-35(40(45,46)47)52-56(36(30)39(22,43)44)20-32(57)51-31(15-21-13-23(41)17-24(42)14-21)33-27(10-9-25(50-33)11-12-38(2,3)58)28-7-6-8-29-34(28)55(4)53-37(29)54-61(59,60)26-18-48-49-19-26/h1,6-10,13-14,17-19,22,31,58H,15-16,20H2,2-4H3,(H,48,49)(H,51,57)(H,53,54)/t22-,31+/m1/s1. The number of carbonyl (C=O) groups excluding carboxylic acids is 1. The van der Waals surface area contributed by atoms with Crippen LogP contribution in [0, 0.1) is 41.7 Å². The number of sulfonamides is 1. The molecule has 0 bridgehead atoms. The number of aromatic amines is 1. The molecule has 13 nitrogen and oxygen atoms in total. The second-order valence-electron chi connectivity index (χ2n) is 14.6. The highest BCUT2D eigenvalue weighted by Gasteiger charge is 2.55. The zero-order chi connectivity index (χ0) is 44.2. The molecule has 2 atom stereocenters. The van der Waals surface area contributed by atoms with E-state index in [9.17, 15) is 40.3 Å². The summed E-state index contributed by atoms with van der Waals surface area (Å²) in [7, 11) is -2.66. The minimum atomic E-state index is -5.18. The van der Waals surface area contributed by atoms with Crippen LogP contribution in [0.1, 0.15) is 53.8 Å². The molecule has 7 rings (SSSR count). The van der Waals surface area contributed by atoms with Crippen molar-refractivity contribution in [2.24, 2.45) is 13.0 Å². The highest BCUT2D eigenvalue weighted by Crippen LogP contribution is 2.49. The number of pyridine rings is 1. The van der Waals surface area contributed by atoms with E-state index < -0.39 is 93.6 Å². The number of benzene rings is 2. The van der Waals surface area contributed by atoms with Gasteiger partial charge in [-0.05, 0) is 68.5 Å². The third-order valence-electron chi connectivity index (χ3n) is 9.59. The molecule has 21 heteroatoms. The average Bonchev–Trinajstić information content (AvgIpc) is 3.95. The number of aromatic nitrogens is 7. The number of hydrogen-bond acceptors (Lipinski definition) is 8. The van der Waals surface area contributed by atoms with Crippen LogP contribution in [-0.4, -0.2) is 59.8 Å². The number of terminal acetylenes is 1. The molecule has 4 heterocycles. The maximum absolute atomic E-state index is 15.5. The van der Waals surface area contributed by atoms with Crippen molar-refractivity contribution in [1.82, 2.24) is 40.1 Å². The lowest BCUT2D eigenvalue weighted by Gasteiger charge is -2.23. The third kappa shape index (κ3) is 8.52. The van der Waals surface area contributed by atoms with Gasteiger partial charge in [0.05, 0.1) is 29.4 Å². The molecular weight excluding hydrogens is 836 g/mol. The number of nitrogens with zero attached hydrogens (tertiary/aromatic N) is 6. The van der Waals surface area contributed by atoms with Gasteiger partial charge in [-0.1, -0.05) is 24.0 Å².